The fourth-order valence-corrected chi connectivity index (χ4v) is 18.4. The Bertz CT molecular complexity index is 3590. The van der Waals surface area contributed by atoms with E-state index < -0.39 is 0 Å². The lowest BCUT2D eigenvalue weighted by molar-refractivity contribution is -0.00527. The number of nitrogens with zero attached hydrogens (tertiary/aromatic N) is 2. The van der Waals surface area contributed by atoms with Gasteiger partial charge >= 0.3 is 6.85 Å². The summed E-state index contributed by atoms with van der Waals surface area (Å²) in [5, 5.41) is 3.00. The van der Waals surface area contributed by atoms with E-state index in [4.69, 9.17) is 0 Å². The quantitative estimate of drug-likeness (QED) is 0.151. The van der Waals surface area contributed by atoms with Crippen LogP contribution in [0.25, 0.3) is 66.3 Å². The Labute approximate surface area is 418 Å². The molecule has 344 valence electrons. The van der Waals surface area contributed by atoms with Crippen molar-refractivity contribution in [3.8, 4) is 44.5 Å². The molecule has 0 amide bonds. The maximum atomic E-state index is 2.87. The Balaban J connectivity index is 0.969. The van der Waals surface area contributed by atoms with Crippen molar-refractivity contribution in [2.24, 2.45) is 35.5 Å². The molecule has 0 N–H and O–H groups in total. The van der Waals surface area contributed by atoms with Crippen LogP contribution in [0.15, 0.2) is 176 Å². The van der Waals surface area contributed by atoms with Gasteiger partial charge in [0.05, 0.1) is 0 Å². The molecule has 19 rings (SSSR count). The topological polar surface area (TPSA) is 8.17 Å². The van der Waals surface area contributed by atoms with E-state index in [9.17, 15) is 0 Å². The van der Waals surface area contributed by atoms with E-state index in [0.717, 1.165) is 35.5 Å². The predicted molar refractivity (Wildman–Crippen MR) is 296 cm³/mol. The van der Waals surface area contributed by atoms with Crippen LogP contribution < -0.4 is 15.8 Å². The molecule has 0 atom stereocenters. The lowest BCUT2D eigenvalue weighted by atomic mass is 9.44. The highest BCUT2D eigenvalue weighted by molar-refractivity contribution is 6.90. The molecule has 8 bridgehead atoms. The number of hydrogen-bond donors (Lipinski definition) is 0. The largest absolute Gasteiger partial charge is 0.375 e. The lowest BCUT2D eigenvalue weighted by Crippen LogP contribution is -2.56. The Hall–Kier alpha value is -6.58. The molecule has 9 aromatic rings. The van der Waals surface area contributed by atoms with E-state index in [1.165, 1.54) is 171 Å². The zero-order valence-electron chi connectivity index (χ0n) is 40.7. The molecule has 1 aromatic heterocycles. The highest BCUT2D eigenvalue weighted by Crippen LogP contribution is 2.63. The van der Waals surface area contributed by atoms with Crippen LogP contribution in [-0.4, -0.2) is 11.3 Å². The molecule has 2 nitrogen and oxygen atoms in total. The summed E-state index contributed by atoms with van der Waals surface area (Å²) in [7, 11) is 0. The van der Waals surface area contributed by atoms with Crippen LogP contribution in [0.2, 0.25) is 0 Å². The Kier molecular flexibility index (Phi) is 8.20. The monoisotopic (exact) mass is 914 g/mol. The van der Waals surface area contributed by atoms with Crippen molar-refractivity contribution in [1.29, 1.82) is 0 Å². The first-order valence-electron chi connectivity index (χ1n) is 27.5. The molecule has 8 saturated carbocycles. The summed E-state index contributed by atoms with van der Waals surface area (Å²) >= 11 is 0. The molecular weight excluding hydrogens is 856 g/mol. The first-order chi connectivity index (χ1) is 35.0. The first kappa shape index (κ1) is 40.1. The summed E-state index contributed by atoms with van der Waals surface area (Å²) in [5.41, 5.74) is 23.8. The van der Waals surface area contributed by atoms with Gasteiger partial charge in [-0.3, -0.25) is 0 Å². The van der Waals surface area contributed by atoms with Crippen molar-refractivity contribution in [3.05, 3.63) is 187 Å². The van der Waals surface area contributed by atoms with Gasteiger partial charge in [0, 0.05) is 44.4 Å². The summed E-state index contributed by atoms with van der Waals surface area (Å²) in [5.74, 6) is 5.39. The number of fused-ring (bicyclic) bond motifs is 7. The highest BCUT2D eigenvalue weighted by atomic mass is 15.2. The average Bonchev–Trinajstić information content (AvgIpc) is 3.74. The van der Waals surface area contributed by atoms with Crippen LogP contribution in [0.5, 0.6) is 0 Å². The molecule has 10 aliphatic rings. The molecule has 0 spiro atoms. The summed E-state index contributed by atoms with van der Waals surface area (Å²) in [6.07, 6.45) is 17.1. The lowest BCUT2D eigenvalue weighted by Gasteiger charge is -2.57. The molecule has 71 heavy (non-hydrogen) atoms. The molecular formula is C68H59BN2. The van der Waals surface area contributed by atoms with Gasteiger partial charge in [0.2, 0.25) is 0 Å². The average molecular weight is 915 g/mol. The molecule has 8 fully saturated rings. The zero-order valence-corrected chi connectivity index (χ0v) is 40.7. The van der Waals surface area contributed by atoms with Crippen LogP contribution >= 0.6 is 0 Å². The summed E-state index contributed by atoms with van der Waals surface area (Å²) in [4.78, 5) is 2.63. The molecule has 0 unspecified atom stereocenters. The van der Waals surface area contributed by atoms with Crippen LogP contribution in [0.3, 0.4) is 0 Å². The van der Waals surface area contributed by atoms with Crippen molar-refractivity contribution >= 4 is 56.6 Å². The second-order valence-electron chi connectivity index (χ2n) is 24.5. The number of benzene rings is 8. The van der Waals surface area contributed by atoms with E-state index in [-0.39, 0.29) is 12.3 Å². The Morgan fingerprint density at radius 3 is 1.48 bits per heavy atom. The van der Waals surface area contributed by atoms with Gasteiger partial charge in [-0.1, -0.05) is 121 Å². The number of aromatic nitrogens is 1. The van der Waals surface area contributed by atoms with Gasteiger partial charge in [-0.25, -0.2) is 0 Å². The van der Waals surface area contributed by atoms with Gasteiger partial charge in [0.1, 0.15) is 0 Å². The third-order valence-electron chi connectivity index (χ3n) is 20.4. The van der Waals surface area contributed by atoms with E-state index in [1.54, 1.807) is 11.1 Å². The van der Waals surface area contributed by atoms with Crippen LogP contribution in [0.1, 0.15) is 88.2 Å². The number of rotatable bonds is 6. The van der Waals surface area contributed by atoms with Gasteiger partial charge < -0.3 is 9.38 Å². The third kappa shape index (κ3) is 5.78. The van der Waals surface area contributed by atoms with E-state index >= 15 is 0 Å². The van der Waals surface area contributed by atoms with Gasteiger partial charge in [-0.15, -0.1) is 0 Å². The molecule has 8 aliphatic carbocycles. The van der Waals surface area contributed by atoms with Gasteiger partial charge in [0.25, 0.3) is 0 Å². The van der Waals surface area contributed by atoms with Crippen molar-refractivity contribution in [1.82, 2.24) is 4.48 Å². The van der Waals surface area contributed by atoms with Crippen LogP contribution in [0, 0.1) is 35.5 Å². The molecule has 8 aromatic carbocycles. The minimum Gasteiger partial charge on any atom is -0.375 e. The van der Waals surface area contributed by atoms with Crippen molar-refractivity contribution in [2.45, 2.75) is 87.9 Å². The summed E-state index contributed by atoms with van der Waals surface area (Å²) in [6.45, 7) is -0.00775. The second kappa shape index (κ2) is 14.5. The molecule has 3 heteroatoms. The summed E-state index contributed by atoms with van der Waals surface area (Å²) < 4.78 is 2.87. The normalized spacial score (nSPS) is 27.9. The van der Waals surface area contributed by atoms with Crippen molar-refractivity contribution < 1.29 is 0 Å². The first-order valence-corrected chi connectivity index (χ1v) is 27.5. The van der Waals surface area contributed by atoms with Gasteiger partial charge in [-0.2, -0.15) is 0 Å². The predicted octanol–water partition coefficient (Wildman–Crippen LogP) is 16.1. The fourth-order valence-electron chi connectivity index (χ4n) is 18.4. The van der Waals surface area contributed by atoms with Crippen LogP contribution in [0.4, 0.5) is 17.1 Å². The van der Waals surface area contributed by atoms with E-state index in [1.807, 2.05) is 0 Å². The Morgan fingerprint density at radius 2 is 0.887 bits per heavy atom. The highest BCUT2D eigenvalue weighted by Gasteiger charge is 2.54. The Morgan fingerprint density at radius 1 is 0.380 bits per heavy atom. The summed E-state index contributed by atoms with van der Waals surface area (Å²) in [6, 6.07) is 68.8. The van der Waals surface area contributed by atoms with Gasteiger partial charge in [0.15, 0.2) is 0 Å². The minimum absolute atomic E-state index is 0.00775. The number of anilines is 3. The number of hydrogen-bond acceptors (Lipinski definition) is 1. The van der Waals surface area contributed by atoms with Crippen molar-refractivity contribution in [3.63, 3.8) is 0 Å². The standard InChI is InChI=1S/C68H59BN2/c1-4-10-48(11-5-1)51-16-20-56(21-17-51)70-63-22-18-52(49-12-6-2-7-13-49)31-61(63)69-65-58(30-53(32-64(65)70)50-14-8-3-9-15-50)60-35-55(68-39-45-27-46(40-68)29-47(28-45)41-68)34-59-57-33-54(19-23-62(57)71(69)66(59)60)67-36-42-24-43(37-67)26-44(25-42)38-67/h1-23,30-35,42-47H,24-29,36-41H2. The minimum atomic E-state index is -0.00775. The molecule has 0 saturated heterocycles. The zero-order chi connectivity index (χ0) is 46.2. The van der Waals surface area contributed by atoms with Crippen molar-refractivity contribution in [2.75, 3.05) is 4.90 Å². The second-order valence-corrected chi connectivity index (χ2v) is 24.5. The smallest absolute Gasteiger partial charge is 0.333 e. The van der Waals surface area contributed by atoms with Gasteiger partial charge in [-0.05, 0) is 239 Å². The maximum absolute atomic E-state index is 2.87. The molecule has 3 heterocycles. The third-order valence-corrected chi connectivity index (χ3v) is 20.4. The maximum Gasteiger partial charge on any atom is 0.333 e. The fraction of sp³-hybridized carbons (Fsp3) is 0.294. The van der Waals surface area contributed by atoms with E-state index in [0.29, 0.717) is 5.41 Å². The SMILES string of the molecule is c1ccc(-c2ccc(N3c4ccc(-c5ccccc5)cc4B4c5c(cc(-c6ccccc6)cc53)-c3cc(C56CC7CC(CC(C7)C5)C6)cc5c6cc(C78CC9CC(CC(C9)C7)C8)ccc6n4c35)cc2)cc1. The molecule has 0 radical (unpaired) electrons. The molecule has 2 aliphatic heterocycles. The van der Waals surface area contributed by atoms with Crippen LogP contribution in [-0.2, 0) is 10.8 Å². The van der Waals surface area contributed by atoms with E-state index in [2.05, 4.69) is 185 Å².